The monoisotopic (exact) mass is 293 g/mol. The van der Waals surface area contributed by atoms with Gasteiger partial charge in [0.15, 0.2) is 11.5 Å². The van der Waals surface area contributed by atoms with E-state index in [-0.39, 0.29) is 5.97 Å². The number of esters is 1. The number of rotatable bonds is 6. The van der Waals surface area contributed by atoms with E-state index >= 15 is 0 Å². The van der Waals surface area contributed by atoms with Gasteiger partial charge >= 0.3 is 5.97 Å². The molecule has 5 nitrogen and oxygen atoms in total. The molecule has 0 atom stereocenters. The molecular formula is C16H23NO4. The molecule has 0 saturated carbocycles. The number of fused-ring (bicyclic) bond motifs is 1. The first-order chi connectivity index (χ1) is 10.2. The minimum Gasteiger partial charge on any atom is -0.493 e. The first kappa shape index (κ1) is 15.6. The second-order valence-corrected chi connectivity index (χ2v) is 5.06. The molecule has 0 aliphatic carbocycles. The van der Waals surface area contributed by atoms with Gasteiger partial charge in [-0.05, 0) is 36.6 Å². The number of carbonyl (C=O) groups is 1. The van der Waals surface area contributed by atoms with Crippen LogP contribution < -0.4 is 9.47 Å². The van der Waals surface area contributed by atoms with E-state index in [0.29, 0.717) is 13.0 Å². The highest BCUT2D eigenvalue weighted by Gasteiger charge is 2.20. The molecule has 0 N–H and O–H groups in total. The Labute approximate surface area is 125 Å². The third-order valence-corrected chi connectivity index (χ3v) is 3.73. The Morgan fingerprint density at radius 3 is 2.48 bits per heavy atom. The predicted molar refractivity (Wildman–Crippen MR) is 79.8 cm³/mol. The second-order valence-electron chi connectivity index (χ2n) is 5.06. The van der Waals surface area contributed by atoms with Crippen LogP contribution in [0.3, 0.4) is 0 Å². The summed E-state index contributed by atoms with van der Waals surface area (Å²) in [6, 6.07) is 4.08. The van der Waals surface area contributed by atoms with Crippen molar-refractivity contribution in [2.75, 3.05) is 33.9 Å². The fourth-order valence-electron chi connectivity index (χ4n) is 2.62. The maximum absolute atomic E-state index is 11.4. The van der Waals surface area contributed by atoms with Crippen LogP contribution in [0.4, 0.5) is 0 Å². The first-order valence-electron chi connectivity index (χ1n) is 7.29. The number of ether oxygens (including phenoxy) is 3. The number of nitrogens with zero attached hydrogens (tertiary/aromatic N) is 1. The van der Waals surface area contributed by atoms with Crippen molar-refractivity contribution in [3.63, 3.8) is 0 Å². The molecule has 1 aliphatic heterocycles. The summed E-state index contributed by atoms with van der Waals surface area (Å²) in [5, 5.41) is 0. The van der Waals surface area contributed by atoms with Crippen molar-refractivity contribution in [1.82, 2.24) is 4.90 Å². The molecule has 0 fully saturated rings. The number of hydrogen-bond donors (Lipinski definition) is 0. The fourth-order valence-corrected chi connectivity index (χ4v) is 2.62. The highest BCUT2D eigenvalue weighted by Crippen LogP contribution is 2.33. The van der Waals surface area contributed by atoms with E-state index in [1.807, 2.05) is 13.0 Å². The zero-order valence-electron chi connectivity index (χ0n) is 13.0. The molecule has 0 radical (unpaired) electrons. The van der Waals surface area contributed by atoms with Crippen molar-refractivity contribution in [2.24, 2.45) is 0 Å². The van der Waals surface area contributed by atoms with Crippen LogP contribution in [0.2, 0.25) is 0 Å². The molecule has 1 aliphatic rings. The Balaban J connectivity index is 2.01. The van der Waals surface area contributed by atoms with Gasteiger partial charge < -0.3 is 14.2 Å². The first-order valence-corrected chi connectivity index (χ1v) is 7.29. The lowest BCUT2D eigenvalue weighted by atomic mass is 9.98. The van der Waals surface area contributed by atoms with Gasteiger partial charge in [-0.3, -0.25) is 9.69 Å². The number of benzene rings is 1. The van der Waals surface area contributed by atoms with Gasteiger partial charge in [-0.2, -0.15) is 0 Å². The minimum atomic E-state index is -0.129. The lowest BCUT2D eigenvalue weighted by Crippen LogP contribution is -2.32. The summed E-state index contributed by atoms with van der Waals surface area (Å²) >= 11 is 0. The number of methoxy groups -OCH3 is 2. The summed E-state index contributed by atoms with van der Waals surface area (Å²) in [6.07, 6.45) is 1.40. The molecule has 0 bridgehead atoms. The van der Waals surface area contributed by atoms with Crippen molar-refractivity contribution in [3.8, 4) is 11.5 Å². The van der Waals surface area contributed by atoms with Gasteiger partial charge in [0.1, 0.15) is 0 Å². The van der Waals surface area contributed by atoms with E-state index in [0.717, 1.165) is 37.6 Å². The van der Waals surface area contributed by atoms with Gasteiger partial charge in [-0.15, -0.1) is 0 Å². The van der Waals surface area contributed by atoms with Crippen molar-refractivity contribution in [3.05, 3.63) is 23.3 Å². The van der Waals surface area contributed by atoms with Crippen molar-refractivity contribution in [2.45, 2.75) is 26.3 Å². The Kier molecular flexibility index (Phi) is 5.44. The van der Waals surface area contributed by atoms with E-state index < -0.39 is 0 Å². The third kappa shape index (κ3) is 3.88. The summed E-state index contributed by atoms with van der Waals surface area (Å²) in [5.74, 6) is 1.40. The normalized spacial score (nSPS) is 14.4. The Morgan fingerprint density at radius 1 is 1.19 bits per heavy atom. The molecule has 2 rings (SSSR count). The zero-order valence-corrected chi connectivity index (χ0v) is 13.0. The lowest BCUT2D eigenvalue weighted by Gasteiger charge is -2.29. The maximum Gasteiger partial charge on any atom is 0.307 e. The topological polar surface area (TPSA) is 48.0 Å². The van der Waals surface area contributed by atoms with Crippen LogP contribution in [-0.4, -0.2) is 44.8 Å². The van der Waals surface area contributed by atoms with E-state index in [9.17, 15) is 4.79 Å². The van der Waals surface area contributed by atoms with Crippen LogP contribution in [0.15, 0.2) is 12.1 Å². The number of hydrogen-bond acceptors (Lipinski definition) is 5. The molecule has 0 amide bonds. The van der Waals surface area contributed by atoms with Crippen molar-refractivity contribution >= 4 is 5.97 Å². The SMILES string of the molecule is CCOC(=O)CCN1CCc2cc(OC)c(OC)cc2C1. The second kappa shape index (κ2) is 7.31. The van der Waals surface area contributed by atoms with E-state index in [1.165, 1.54) is 11.1 Å². The van der Waals surface area contributed by atoms with Crippen LogP contribution in [-0.2, 0) is 22.5 Å². The molecule has 1 heterocycles. The summed E-state index contributed by atoms with van der Waals surface area (Å²) in [5.41, 5.74) is 2.53. The molecule has 0 aromatic heterocycles. The van der Waals surface area contributed by atoms with Crippen LogP contribution in [0.25, 0.3) is 0 Å². The van der Waals surface area contributed by atoms with Crippen molar-refractivity contribution in [1.29, 1.82) is 0 Å². The smallest absolute Gasteiger partial charge is 0.307 e. The molecule has 0 saturated heterocycles. The molecule has 116 valence electrons. The summed E-state index contributed by atoms with van der Waals surface area (Å²) in [7, 11) is 3.30. The molecule has 1 aromatic carbocycles. The molecule has 5 heteroatoms. The van der Waals surface area contributed by atoms with E-state index in [1.54, 1.807) is 14.2 Å². The molecule has 1 aromatic rings. The van der Waals surface area contributed by atoms with Gasteiger partial charge in [0.05, 0.1) is 27.2 Å². The maximum atomic E-state index is 11.4. The van der Waals surface area contributed by atoms with Crippen LogP contribution in [0.5, 0.6) is 11.5 Å². The summed E-state index contributed by atoms with van der Waals surface area (Å²) in [6.45, 7) is 4.77. The highest BCUT2D eigenvalue weighted by molar-refractivity contribution is 5.69. The lowest BCUT2D eigenvalue weighted by molar-refractivity contribution is -0.143. The quantitative estimate of drug-likeness (QED) is 0.751. The van der Waals surface area contributed by atoms with Crippen LogP contribution in [0.1, 0.15) is 24.5 Å². The Bertz CT molecular complexity index is 501. The highest BCUT2D eigenvalue weighted by atomic mass is 16.5. The summed E-state index contributed by atoms with van der Waals surface area (Å²) < 4.78 is 15.7. The zero-order chi connectivity index (χ0) is 15.2. The molecule has 0 unspecified atom stereocenters. The standard InChI is InChI=1S/C16H23NO4/c1-4-21-16(18)6-8-17-7-5-12-9-14(19-2)15(20-3)10-13(12)11-17/h9-10H,4-8,11H2,1-3H3. The van der Waals surface area contributed by atoms with Gasteiger partial charge in [0.25, 0.3) is 0 Å². The Morgan fingerprint density at radius 2 is 1.86 bits per heavy atom. The fraction of sp³-hybridized carbons (Fsp3) is 0.562. The number of carbonyl (C=O) groups excluding carboxylic acids is 1. The average molecular weight is 293 g/mol. The van der Waals surface area contributed by atoms with Crippen LogP contribution in [0, 0.1) is 0 Å². The van der Waals surface area contributed by atoms with Gasteiger partial charge in [0.2, 0.25) is 0 Å². The summed E-state index contributed by atoms with van der Waals surface area (Å²) in [4.78, 5) is 13.7. The van der Waals surface area contributed by atoms with E-state index in [2.05, 4.69) is 11.0 Å². The molecule has 21 heavy (non-hydrogen) atoms. The van der Waals surface area contributed by atoms with Crippen molar-refractivity contribution < 1.29 is 19.0 Å². The average Bonchev–Trinajstić information content (AvgIpc) is 2.51. The largest absolute Gasteiger partial charge is 0.493 e. The third-order valence-electron chi connectivity index (χ3n) is 3.73. The van der Waals surface area contributed by atoms with E-state index in [4.69, 9.17) is 14.2 Å². The van der Waals surface area contributed by atoms with Gasteiger partial charge in [-0.1, -0.05) is 0 Å². The van der Waals surface area contributed by atoms with Crippen LogP contribution >= 0.6 is 0 Å². The molecular weight excluding hydrogens is 270 g/mol. The minimum absolute atomic E-state index is 0.129. The predicted octanol–water partition coefficient (Wildman–Crippen LogP) is 2.02. The Hall–Kier alpha value is -1.75. The van der Waals surface area contributed by atoms with Gasteiger partial charge in [-0.25, -0.2) is 0 Å². The molecule has 0 spiro atoms. The van der Waals surface area contributed by atoms with Gasteiger partial charge in [0, 0.05) is 19.6 Å².